The molecule has 4 unspecified atom stereocenters. The van der Waals surface area contributed by atoms with Gasteiger partial charge in [-0.2, -0.15) is 0 Å². The second kappa shape index (κ2) is 16.9. The van der Waals surface area contributed by atoms with Crippen molar-refractivity contribution in [3.63, 3.8) is 0 Å². The fourth-order valence-corrected chi connectivity index (χ4v) is 11.8. The van der Waals surface area contributed by atoms with Crippen molar-refractivity contribution in [3.05, 3.63) is 102 Å². The van der Waals surface area contributed by atoms with Crippen LogP contribution in [0.5, 0.6) is 17.5 Å². The van der Waals surface area contributed by atoms with Crippen molar-refractivity contribution >= 4 is 32.6 Å². The molecule has 10 atom stereocenters. The molecule has 60 heavy (non-hydrogen) atoms. The van der Waals surface area contributed by atoms with Crippen molar-refractivity contribution in [2.24, 2.45) is 23.7 Å². The Bertz CT molecular complexity index is 2310. The largest absolute Gasteiger partial charge is 0.497 e. The zero-order valence-electron chi connectivity index (χ0n) is 35.2. The van der Waals surface area contributed by atoms with Gasteiger partial charge in [0.1, 0.15) is 5.75 Å². The van der Waals surface area contributed by atoms with Crippen LogP contribution in [0, 0.1) is 23.7 Å². The zero-order chi connectivity index (χ0) is 40.7. The van der Waals surface area contributed by atoms with Crippen LogP contribution in [0.2, 0.25) is 0 Å². The molecule has 10 nitrogen and oxygen atoms in total. The Morgan fingerprint density at radius 1 is 0.667 bits per heavy atom. The normalized spacial score (nSPS) is 27.0. The number of ether oxygens (including phenoxy) is 3. The number of aromatic nitrogens is 4. The molecule has 9 heterocycles. The highest BCUT2D eigenvalue weighted by Gasteiger charge is 2.45. The third kappa shape index (κ3) is 7.24. The number of piperidine rings is 6. The minimum atomic E-state index is -0.00928. The van der Waals surface area contributed by atoms with Gasteiger partial charge in [0.15, 0.2) is 0 Å². The van der Waals surface area contributed by atoms with E-state index in [1.165, 1.54) is 36.8 Å². The van der Waals surface area contributed by atoms with E-state index >= 15 is 0 Å². The van der Waals surface area contributed by atoms with E-state index in [0.29, 0.717) is 37.1 Å². The minimum Gasteiger partial charge on any atom is -0.497 e. The van der Waals surface area contributed by atoms with Crippen LogP contribution in [-0.2, 0) is 6.61 Å². The Balaban J connectivity index is 0.967. The summed E-state index contributed by atoms with van der Waals surface area (Å²) >= 11 is 0. The third-order valence-electron chi connectivity index (χ3n) is 15.1. The van der Waals surface area contributed by atoms with Crippen molar-refractivity contribution < 1.29 is 19.3 Å². The van der Waals surface area contributed by atoms with E-state index in [1.54, 1.807) is 7.11 Å². The molecular weight excluding hydrogens is 749 g/mol. The monoisotopic (exact) mass is 806 g/mol. The van der Waals surface area contributed by atoms with Crippen molar-refractivity contribution in [3.8, 4) is 17.5 Å². The molecular formula is C50H58N6O4. The van der Waals surface area contributed by atoms with E-state index in [1.807, 2.05) is 42.7 Å². The summed E-state index contributed by atoms with van der Waals surface area (Å²) in [4.78, 5) is 14.9. The van der Waals surface area contributed by atoms with Crippen molar-refractivity contribution in [2.45, 2.75) is 82.9 Å². The first-order chi connectivity index (χ1) is 29.5. The van der Waals surface area contributed by atoms with Crippen LogP contribution in [-0.4, -0.2) is 93.7 Å². The van der Waals surface area contributed by atoms with Gasteiger partial charge in [0.2, 0.25) is 11.8 Å². The van der Waals surface area contributed by atoms with Crippen LogP contribution >= 0.6 is 0 Å². The Labute approximate surface area is 353 Å². The summed E-state index contributed by atoms with van der Waals surface area (Å²) in [7, 11) is 1.72. The van der Waals surface area contributed by atoms with Crippen LogP contribution in [0.3, 0.4) is 0 Å². The molecule has 0 radical (unpaired) electrons. The van der Waals surface area contributed by atoms with Gasteiger partial charge in [0.05, 0.1) is 48.7 Å². The molecule has 0 saturated carbocycles. The average molecular weight is 807 g/mol. The van der Waals surface area contributed by atoms with Crippen LogP contribution in [0.25, 0.3) is 32.6 Å². The summed E-state index contributed by atoms with van der Waals surface area (Å²) < 4.78 is 19.5. The first-order valence-electron chi connectivity index (χ1n) is 22.4. The van der Waals surface area contributed by atoms with Gasteiger partial charge in [-0.1, -0.05) is 44.9 Å². The van der Waals surface area contributed by atoms with E-state index in [0.717, 1.165) is 107 Å². The van der Waals surface area contributed by atoms with E-state index in [4.69, 9.17) is 34.4 Å². The summed E-state index contributed by atoms with van der Waals surface area (Å²) in [5.74, 6) is 4.98. The van der Waals surface area contributed by atoms with Crippen molar-refractivity contribution in [1.82, 2.24) is 30.0 Å². The quantitative estimate of drug-likeness (QED) is 0.115. The topological polar surface area (TPSA) is 106 Å². The standard InChI is InChI=1S/C50H58N6O4/c1-4-32-26-55-20-16-34(32)23-47(55)43(37-14-18-51-45-12-10-31(28-57)22-41(37)45)29-59-49-39-8-6-7-9-40(39)50(54-53-49)60-30-44(48-24-35-17-21-56(48)27-33(35)5-2)38-15-19-52-46-13-11-36(58-3)25-42(38)46/h6-15,18-19,22,25,32-35,43-44,47-48,57H,4-5,16-17,20-21,23-24,26-30H2,1-3H3/t32-,33?,34+,35?,43-,44-,47+,48+/m0/s1. The van der Waals surface area contributed by atoms with Crippen molar-refractivity contribution in [2.75, 3.05) is 46.5 Å². The summed E-state index contributed by atoms with van der Waals surface area (Å²) in [6, 6.07) is 25.5. The molecule has 6 saturated heterocycles. The van der Waals surface area contributed by atoms with E-state index in [9.17, 15) is 5.11 Å². The molecule has 6 aliphatic heterocycles. The van der Waals surface area contributed by atoms with E-state index < -0.39 is 0 Å². The lowest BCUT2D eigenvalue weighted by atomic mass is 9.70. The second-order valence-corrected chi connectivity index (χ2v) is 17.9. The average Bonchev–Trinajstić information content (AvgIpc) is 3.32. The summed E-state index contributed by atoms with van der Waals surface area (Å²) in [5.41, 5.74) is 5.23. The number of hydrogen-bond donors (Lipinski definition) is 1. The lowest BCUT2D eigenvalue weighted by Gasteiger charge is -2.52. The maximum Gasteiger partial charge on any atom is 0.241 e. The predicted molar refractivity (Wildman–Crippen MR) is 236 cm³/mol. The van der Waals surface area contributed by atoms with Crippen LogP contribution < -0.4 is 14.2 Å². The molecule has 1 N–H and O–H groups in total. The van der Waals surface area contributed by atoms with Gasteiger partial charge < -0.3 is 19.3 Å². The predicted octanol–water partition coefficient (Wildman–Crippen LogP) is 8.79. The molecule has 0 aliphatic carbocycles. The van der Waals surface area contributed by atoms with Crippen LogP contribution in [0.1, 0.15) is 80.9 Å². The molecule has 10 heteroatoms. The summed E-state index contributed by atoms with van der Waals surface area (Å²) in [6.45, 7) is 10.1. The van der Waals surface area contributed by atoms with Gasteiger partial charge in [0.25, 0.3) is 0 Å². The number of benzene rings is 3. The van der Waals surface area contributed by atoms with E-state index in [2.05, 4.69) is 66.1 Å². The Kier molecular flexibility index (Phi) is 11.0. The first-order valence-corrected chi connectivity index (χ1v) is 22.4. The molecule has 4 bridgehead atoms. The number of aliphatic hydroxyl groups excluding tert-OH is 1. The molecule has 6 aliphatic rings. The molecule has 3 aromatic heterocycles. The molecule has 6 aromatic rings. The van der Waals surface area contributed by atoms with Gasteiger partial charge in [-0.15, -0.1) is 10.2 Å². The molecule has 0 amide bonds. The minimum absolute atomic E-state index is 0.00928. The van der Waals surface area contributed by atoms with Gasteiger partial charge >= 0.3 is 0 Å². The van der Waals surface area contributed by atoms with Gasteiger partial charge in [-0.3, -0.25) is 19.8 Å². The Morgan fingerprint density at radius 3 is 1.68 bits per heavy atom. The number of hydrogen-bond acceptors (Lipinski definition) is 10. The number of aliphatic hydroxyl groups is 1. The maximum atomic E-state index is 10.1. The SMILES string of the molecule is CCC1CN2CCC1C[C@@H]2[C@@H](COc1nnc(OC[C@@H](c2ccnc3ccc(CO)cc23)[C@H]2C[C@H]3CCN2C[C@@H]3CC)c2ccccc12)c1ccnc2ccc(OC)cc12. The smallest absolute Gasteiger partial charge is 0.241 e. The molecule has 6 fully saturated rings. The fourth-order valence-electron chi connectivity index (χ4n) is 11.8. The maximum absolute atomic E-state index is 10.1. The van der Waals surface area contributed by atoms with Crippen molar-refractivity contribution in [1.29, 1.82) is 0 Å². The summed E-state index contributed by atoms with van der Waals surface area (Å²) in [5, 5.41) is 23.6. The van der Waals surface area contributed by atoms with Gasteiger partial charge in [-0.05, 0) is 134 Å². The van der Waals surface area contributed by atoms with Crippen LogP contribution in [0.15, 0.2) is 85.2 Å². The Morgan fingerprint density at radius 2 is 1.20 bits per heavy atom. The highest BCUT2D eigenvalue weighted by atomic mass is 16.5. The van der Waals surface area contributed by atoms with Crippen LogP contribution in [0.4, 0.5) is 0 Å². The number of pyridine rings is 2. The molecule has 3 aromatic carbocycles. The second-order valence-electron chi connectivity index (χ2n) is 17.9. The van der Waals surface area contributed by atoms with Gasteiger partial charge in [0, 0.05) is 60.2 Å². The highest BCUT2D eigenvalue weighted by molar-refractivity contribution is 5.90. The lowest BCUT2D eigenvalue weighted by Crippen LogP contribution is -2.55. The highest BCUT2D eigenvalue weighted by Crippen LogP contribution is 2.46. The first kappa shape index (κ1) is 39.2. The molecule has 0 spiro atoms. The number of methoxy groups -OCH3 is 1. The third-order valence-corrected chi connectivity index (χ3v) is 15.1. The van der Waals surface area contributed by atoms with E-state index in [-0.39, 0.29) is 18.4 Å². The number of nitrogens with zero attached hydrogens (tertiary/aromatic N) is 6. The molecule has 312 valence electrons. The summed E-state index contributed by atoms with van der Waals surface area (Å²) in [6.07, 6.45) is 11.1. The molecule has 12 rings (SSSR count). The fraction of sp³-hybridized carbons (Fsp3) is 0.480. The number of fused-ring (bicyclic) bond motifs is 9. The Hall–Kier alpha value is -4.90. The lowest BCUT2D eigenvalue weighted by molar-refractivity contribution is -0.0177. The number of rotatable bonds is 14. The van der Waals surface area contributed by atoms with Gasteiger partial charge in [-0.25, -0.2) is 0 Å². The zero-order valence-corrected chi connectivity index (χ0v) is 35.2.